The summed E-state index contributed by atoms with van der Waals surface area (Å²) in [6.07, 6.45) is 0.578. The molecular weight excluding hydrogens is 288 g/mol. The van der Waals surface area contributed by atoms with Gasteiger partial charge in [-0.3, -0.25) is 14.7 Å². The monoisotopic (exact) mass is 304 g/mol. The van der Waals surface area contributed by atoms with E-state index in [0.717, 1.165) is 0 Å². The number of phenols is 3. The van der Waals surface area contributed by atoms with Crippen molar-refractivity contribution in [2.75, 3.05) is 12.3 Å². The fourth-order valence-corrected chi connectivity index (χ4v) is 2.61. The van der Waals surface area contributed by atoms with E-state index in [-0.39, 0.29) is 23.0 Å². The van der Waals surface area contributed by atoms with Crippen molar-refractivity contribution in [2.24, 2.45) is 0 Å². The maximum atomic E-state index is 11.9. The third kappa shape index (κ3) is 2.44. The fraction of sp³-hybridized carbons (Fsp3) is 0.286. The number of nitrogen functional groups attached to an aromatic ring is 1. The van der Waals surface area contributed by atoms with E-state index in [1.165, 1.54) is 12.1 Å². The first kappa shape index (κ1) is 14.2. The highest BCUT2D eigenvalue weighted by molar-refractivity contribution is 5.53. The summed E-state index contributed by atoms with van der Waals surface area (Å²) in [6.45, 7) is 1.35. The standard InChI is InChI=1S/C14H16N4O4/c15-14-16-9-3-4-18(6-8(9)13(22)17-14)5-7-1-2-10(19)12(21)11(7)20/h1-2,19-21H,3-6H2,(H3,15,16,17,22). The van der Waals surface area contributed by atoms with Gasteiger partial charge in [0.2, 0.25) is 11.7 Å². The molecule has 6 N–H and O–H groups in total. The van der Waals surface area contributed by atoms with Crippen LogP contribution < -0.4 is 11.3 Å². The van der Waals surface area contributed by atoms with Crippen LogP contribution in [0.3, 0.4) is 0 Å². The smallest absolute Gasteiger partial charge is 0.257 e. The maximum absolute atomic E-state index is 11.9. The van der Waals surface area contributed by atoms with Crippen molar-refractivity contribution in [2.45, 2.75) is 19.5 Å². The largest absolute Gasteiger partial charge is 0.504 e. The van der Waals surface area contributed by atoms with Crippen LogP contribution in [0.4, 0.5) is 5.95 Å². The van der Waals surface area contributed by atoms with E-state index in [4.69, 9.17) is 5.73 Å². The van der Waals surface area contributed by atoms with Crippen LogP contribution in [0.1, 0.15) is 16.8 Å². The van der Waals surface area contributed by atoms with Gasteiger partial charge in [-0.2, -0.15) is 0 Å². The number of nitrogens with two attached hydrogens (primary N) is 1. The van der Waals surface area contributed by atoms with Crippen molar-refractivity contribution in [3.05, 3.63) is 39.3 Å². The van der Waals surface area contributed by atoms with E-state index in [1.54, 1.807) is 0 Å². The zero-order chi connectivity index (χ0) is 15.9. The minimum Gasteiger partial charge on any atom is -0.504 e. The number of aromatic amines is 1. The fourth-order valence-electron chi connectivity index (χ4n) is 2.61. The van der Waals surface area contributed by atoms with Gasteiger partial charge in [0.25, 0.3) is 5.56 Å². The number of hydrogen-bond donors (Lipinski definition) is 5. The lowest BCUT2D eigenvalue weighted by atomic mass is 10.1. The molecule has 8 heteroatoms. The van der Waals surface area contributed by atoms with Gasteiger partial charge in [0.05, 0.1) is 11.3 Å². The van der Waals surface area contributed by atoms with Gasteiger partial charge in [-0.05, 0) is 6.07 Å². The van der Waals surface area contributed by atoms with E-state index >= 15 is 0 Å². The number of fused-ring (bicyclic) bond motifs is 1. The zero-order valence-corrected chi connectivity index (χ0v) is 11.7. The molecule has 1 aliphatic heterocycles. The van der Waals surface area contributed by atoms with E-state index in [0.29, 0.717) is 42.9 Å². The lowest BCUT2D eigenvalue weighted by Gasteiger charge is -2.27. The summed E-state index contributed by atoms with van der Waals surface area (Å²) < 4.78 is 0. The molecule has 8 nitrogen and oxygen atoms in total. The van der Waals surface area contributed by atoms with Crippen molar-refractivity contribution >= 4 is 5.95 Å². The molecule has 1 aliphatic rings. The number of rotatable bonds is 2. The number of anilines is 1. The lowest BCUT2D eigenvalue weighted by Crippen LogP contribution is -2.35. The minimum atomic E-state index is -0.540. The van der Waals surface area contributed by atoms with Crippen LogP contribution in [-0.2, 0) is 19.5 Å². The molecule has 0 fully saturated rings. The molecule has 0 bridgehead atoms. The molecule has 0 saturated carbocycles. The molecule has 0 aliphatic carbocycles. The van der Waals surface area contributed by atoms with Gasteiger partial charge in [0, 0.05) is 31.6 Å². The Morgan fingerprint density at radius 3 is 2.82 bits per heavy atom. The van der Waals surface area contributed by atoms with Crippen LogP contribution in [0.25, 0.3) is 0 Å². The summed E-state index contributed by atoms with van der Waals surface area (Å²) in [5.41, 5.74) is 6.99. The first-order valence-electron chi connectivity index (χ1n) is 6.78. The highest BCUT2D eigenvalue weighted by Gasteiger charge is 2.22. The number of H-pyrrole nitrogens is 1. The molecule has 0 unspecified atom stereocenters. The van der Waals surface area contributed by atoms with Crippen molar-refractivity contribution in [1.82, 2.24) is 14.9 Å². The molecule has 116 valence electrons. The second-order valence-electron chi connectivity index (χ2n) is 5.28. The average Bonchev–Trinajstić information content (AvgIpc) is 2.48. The summed E-state index contributed by atoms with van der Waals surface area (Å²) in [5, 5.41) is 28.7. The van der Waals surface area contributed by atoms with Gasteiger partial charge in [-0.1, -0.05) is 6.07 Å². The van der Waals surface area contributed by atoms with Gasteiger partial charge >= 0.3 is 0 Å². The van der Waals surface area contributed by atoms with Gasteiger partial charge in [0.15, 0.2) is 11.5 Å². The summed E-state index contributed by atoms with van der Waals surface area (Å²) in [4.78, 5) is 20.5. The molecular formula is C14H16N4O4. The number of aromatic nitrogens is 2. The Kier molecular flexibility index (Phi) is 3.38. The van der Waals surface area contributed by atoms with Crippen LogP contribution in [0.2, 0.25) is 0 Å². The Bertz CT molecular complexity index is 787. The molecule has 2 heterocycles. The number of nitrogens with zero attached hydrogens (tertiary/aromatic N) is 2. The highest BCUT2D eigenvalue weighted by Crippen LogP contribution is 2.37. The Labute approximate surface area is 125 Å². The second kappa shape index (κ2) is 5.23. The Morgan fingerprint density at radius 1 is 1.27 bits per heavy atom. The normalized spacial score (nSPS) is 14.7. The topological polar surface area (TPSA) is 136 Å². The molecule has 22 heavy (non-hydrogen) atoms. The Morgan fingerprint density at radius 2 is 2.05 bits per heavy atom. The summed E-state index contributed by atoms with van der Waals surface area (Å²) >= 11 is 0. The van der Waals surface area contributed by atoms with E-state index < -0.39 is 5.75 Å². The summed E-state index contributed by atoms with van der Waals surface area (Å²) in [6, 6.07) is 2.85. The van der Waals surface area contributed by atoms with Crippen molar-refractivity contribution < 1.29 is 15.3 Å². The molecule has 0 amide bonds. The Balaban J connectivity index is 1.84. The minimum absolute atomic E-state index is 0.110. The number of hydrogen-bond acceptors (Lipinski definition) is 7. The molecule has 1 aromatic heterocycles. The first-order chi connectivity index (χ1) is 10.5. The number of nitrogens with one attached hydrogen (secondary N) is 1. The molecule has 2 aromatic rings. The van der Waals surface area contributed by atoms with E-state index in [2.05, 4.69) is 9.97 Å². The van der Waals surface area contributed by atoms with Gasteiger partial charge in [-0.15, -0.1) is 0 Å². The summed E-state index contributed by atoms with van der Waals surface area (Å²) in [5.74, 6) is -1.16. The predicted octanol–water partition coefficient (Wildman–Crippen LogP) is 0.0272. The van der Waals surface area contributed by atoms with Crippen LogP contribution >= 0.6 is 0 Å². The van der Waals surface area contributed by atoms with Crippen molar-refractivity contribution in [3.8, 4) is 17.2 Å². The lowest BCUT2D eigenvalue weighted by molar-refractivity contribution is 0.237. The predicted molar refractivity (Wildman–Crippen MR) is 78.5 cm³/mol. The molecule has 3 rings (SSSR count). The third-order valence-corrected chi connectivity index (χ3v) is 3.77. The van der Waals surface area contributed by atoms with E-state index in [9.17, 15) is 20.1 Å². The van der Waals surface area contributed by atoms with Crippen LogP contribution in [0, 0.1) is 0 Å². The second-order valence-corrected chi connectivity index (χ2v) is 5.28. The number of phenolic OH excluding ortho intramolecular Hbond substituents is 3. The molecule has 0 radical (unpaired) electrons. The number of benzene rings is 1. The molecule has 0 atom stereocenters. The SMILES string of the molecule is Nc1nc2c(c(=O)[nH]1)CN(Cc1ccc(O)c(O)c1O)CC2. The van der Waals surface area contributed by atoms with Crippen LogP contribution in [0.15, 0.2) is 16.9 Å². The molecule has 1 aromatic carbocycles. The van der Waals surface area contributed by atoms with Crippen molar-refractivity contribution in [3.63, 3.8) is 0 Å². The Hall–Kier alpha value is -2.74. The highest BCUT2D eigenvalue weighted by atomic mass is 16.3. The molecule has 0 spiro atoms. The third-order valence-electron chi connectivity index (χ3n) is 3.77. The molecule has 0 saturated heterocycles. The summed E-state index contributed by atoms with van der Waals surface area (Å²) in [7, 11) is 0. The quantitative estimate of drug-likeness (QED) is 0.494. The van der Waals surface area contributed by atoms with Crippen molar-refractivity contribution in [1.29, 1.82) is 0 Å². The maximum Gasteiger partial charge on any atom is 0.257 e. The first-order valence-corrected chi connectivity index (χ1v) is 6.78. The van der Waals surface area contributed by atoms with Gasteiger partial charge < -0.3 is 21.1 Å². The van der Waals surface area contributed by atoms with Gasteiger partial charge in [0.1, 0.15) is 0 Å². The van der Waals surface area contributed by atoms with Gasteiger partial charge in [-0.25, -0.2) is 4.98 Å². The zero-order valence-electron chi connectivity index (χ0n) is 11.7. The number of aromatic hydroxyl groups is 3. The van der Waals surface area contributed by atoms with E-state index in [1.807, 2.05) is 4.90 Å². The van der Waals surface area contributed by atoms with Crippen LogP contribution in [0.5, 0.6) is 17.2 Å². The van der Waals surface area contributed by atoms with Crippen LogP contribution in [-0.4, -0.2) is 36.7 Å². The average molecular weight is 304 g/mol.